The van der Waals surface area contributed by atoms with Crippen LogP contribution in [0.15, 0.2) is 58.1 Å². The number of nitrogens with zero attached hydrogens (tertiary/aromatic N) is 2. The predicted octanol–water partition coefficient (Wildman–Crippen LogP) is 3.41. The van der Waals surface area contributed by atoms with Gasteiger partial charge in [0.25, 0.3) is 0 Å². The van der Waals surface area contributed by atoms with E-state index in [2.05, 4.69) is 15.6 Å². The molecule has 1 aromatic heterocycles. The normalized spacial score (nSPS) is 10.9. The number of carbonyl (C=O) groups excluding carboxylic acids is 1. The largest absolute Gasteiger partial charge is 0.467 e. The van der Waals surface area contributed by atoms with E-state index < -0.39 is 0 Å². The predicted molar refractivity (Wildman–Crippen MR) is 130 cm³/mol. The lowest BCUT2D eigenvalue weighted by Crippen LogP contribution is -2.39. The minimum absolute atomic E-state index is 0. The van der Waals surface area contributed by atoms with Crippen LogP contribution in [0.4, 0.5) is 0 Å². The molecule has 2 aromatic rings. The Morgan fingerprint density at radius 1 is 1.13 bits per heavy atom. The summed E-state index contributed by atoms with van der Waals surface area (Å²) in [5, 5.41) is 6.41. The summed E-state index contributed by atoms with van der Waals surface area (Å²) in [6.07, 6.45) is 2.47. The van der Waals surface area contributed by atoms with Gasteiger partial charge in [-0.05, 0) is 38.0 Å². The van der Waals surface area contributed by atoms with E-state index in [0.29, 0.717) is 38.8 Å². The van der Waals surface area contributed by atoms with E-state index in [-0.39, 0.29) is 36.4 Å². The van der Waals surface area contributed by atoms with Gasteiger partial charge in [-0.15, -0.1) is 24.0 Å². The zero-order chi connectivity index (χ0) is 20.7. The molecule has 0 atom stereocenters. The molecular formula is C22H33IN4O3. The van der Waals surface area contributed by atoms with Crippen LogP contribution in [-0.4, -0.2) is 49.6 Å². The summed E-state index contributed by atoms with van der Waals surface area (Å²) in [5.41, 5.74) is 1.12. The fourth-order valence-corrected chi connectivity index (χ4v) is 2.72. The Hall–Kier alpha value is -2.07. The number of aliphatic imine (C=N–C) groups is 1. The van der Waals surface area contributed by atoms with Gasteiger partial charge in [-0.3, -0.25) is 4.79 Å². The van der Waals surface area contributed by atoms with Crippen molar-refractivity contribution >= 4 is 35.8 Å². The van der Waals surface area contributed by atoms with Crippen LogP contribution in [0.1, 0.15) is 31.6 Å². The molecule has 0 radical (unpaired) electrons. The van der Waals surface area contributed by atoms with Gasteiger partial charge in [0, 0.05) is 32.8 Å². The fraction of sp³-hybridized carbons (Fsp3) is 0.455. The average molecular weight is 528 g/mol. The molecule has 0 aliphatic heterocycles. The maximum Gasteiger partial charge on any atom is 0.244 e. The van der Waals surface area contributed by atoms with Crippen molar-refractivity contribution in [1.82, 2.24) is 15.5 Å². The topological polar surface area (TPSA) is 79.1 Å². The van der Waals surface area contributed by atoms with Gasteiger partial charge in [-0.25, -0.2) is 4.99 Å². The van der Waals surface area contributed by atoms with Crippen molar-refractivity contribution in [2.45, 2.75) is 33.4 Å². The first kappa shape index (κ1) is 26.0. The Morgan fingerprint density at radius 2 is 1.93 bits per heavy atom. The number of ether oxygens (including phenoxy) is 1. The lowest BCUT2D eigenvalue weighted by molar-refractivity contribution is -0.130. The lowest BCUT2D eigenvalue weighted by atomic mass is 10.2. The van der Waals surface area contributed by atoms with E-state index in [4.69, 9.17) is 9.15 Å². The molecule has 2 rings (SSSR count). The van der Waals surface area contributed by atoms with Gasteiger partial charge in [0.2, 0.25) is 5.91 Å². The SMILES string of the molecule is CCNC(=NCC(=O)N(CC)Cc1ccccc1)NCCCOCc1ccco1.I. The molecule has 0 bridgehead atoms. The first-order chi connectivity index (χ1) is 14.2. The number of carbonyl (C=O) groups is 1. The Labute approximate surface area is 196 Å². The van der Waals surface area contributed by atoms with E-state index in [1.165, 1.54) is 0 Å². The number of rotatable bonds is 12. The van der Waals surface area contributed by atoms with Gasteiger partial charge in [0.15, 0.2) is 5.96 Å². The molecule has 1 amide bonds. The molecular weight excluding hydrogens is 495 g/mol. The Bertz CT molecular complexity index is 723. The van der Waals surface area contributed by atoms with Crippen molar-refractivity contribution in [3.8, 4) is 0 Å². The van der Waals surface area contributed by atoms with Gasteiger partial charge in [0.1, 0.15) is 18.9 Å². The number of benzene rings is 1. The highest BCUT2D eigenvalue weighted by atomic mass is 127. The van der Waals surface area contributed by atoms with E-state index in [9.17, 15) is 4.79 Å². The average Bonchev–Trinajstić information content (AvgIpc) is 3.26. The highest BCUT2D eigenvalue weighted by Crippen LogP contribution is 2.05. The molecule has 0 saturated heterocycles. The molecule has 0 fully saturated rings. The number of hydrogen-bond donors (Lipinski definition) is 2. The number of likely N-dealkylation sites (N-methyl/N-ethyl adjacent to an activating group) is 1. The fourth-order valence-electron chi connectivity index (χ4n) is 2.72. The number of furan rings is 1. The molecule has 0 saturated carbocycles. The number of guanidine groups is 1. The van der Waals surface area contributed by atoms with Crippen LogP contribution < -0.4 is 10.6 Å². The van der Waals surface area contributed by atoms with E-state index in [1.54, 1.807) is 6.26 Å². The highest BCUT2D eigenvalue weighted by Gasteiger charge is 2.12. The summed E-state index contributed by atoms with van der Waals surface area (Å²) in [6, 6.07) is 13.7. The summed E-state index contributed by atoms with van der Waals surface area (Å²) in [6.45, 7) is 7.89. The zero-order valence-corrected chi connectivity index (χ0v) is 20.1. The van der Waals surface area contributed by atoms with Crippen LogP contribution in [0, 0.1) is 0 Å². The highest BCUT2D eigenvalue weighted by molar-refractivity contribution is 14.0. The summed E-state index contributed by atoms with van der Waals surface area (Å²) >= 11 is 0. The van der Waals surface area contributed by atoms with Crippen molar-refractivity contribution in [1.29, 1.82) is 0 Å². The Balaban J connectivity index is 0.00000450. The quantitative estimate of drug-likeness (QED) is 0.191. The summed E-state index contributed by atoms with van der Waals surface area (Å²) in [5.74, 6) is 1.47. The maximum atomic E-state index is 12.5. The van der Waals surface area contributed by atoms with Crippen molar-refractivity contribution in [2.24, 2.45) is 4.99 Å². The van der Waals surface area contributed by atoms with E-state index >= 15 is 0 Å². The molecule has 8 heteroatoms. The minimum atomic E-state index is 0. The molecule has 0 unspecified atom stereocenters. The Kier molecular flexibility index (Phi) is 13.6. The maximum absolute atomic E-state index is 12.5. The van der Waals surface area contributed by atoms with E-state index in [0.717, 1.165) is 24.3 Å². The molecule has 166 valence electrons. The van der Waals surface area contributed by atoms with Crippen molar-refractivity contribution in [2.75, 3.05) is 32.8 Å². The Morgan fingerprint density at radius 3 is 2.60 bits per heavy atom. The van der Waals surface area contributed by atoms with Gasteiger partial charge >= 0.3 is 0 Å². The van der Waals surface area contributed by atoms with Gasteiger partial charge in [-0.1, -0.05) is 30.3 Å². The zero-order valence-electron chi connectivity index (χ0n) is 17.8. The molecule has 0 spiro atoms. The summed E-state index contributed by atoms with van der Waals surface area (Å²) < 4.78 is 10.8. The lowest BCUT2D eigenvalue weighted by Gasteiger charge is -2.20. The molecule has 0 aliphatic carbocycles. The molecule has 0 aliphatic rings. The standard InChI is InChI=1S/C22H32N4O3.HI/c1-3-23-22(24-13-9-14-28-18-20-12-8-15-29-20)25-16-21(27)26(4-2)17-19-10-6-5-7-11-19;/h5-8,10-12,15H,3-4,9,13-14,16-18H2,1-2H3,(H2,23,24,25);1H. The number of hydrogen-bond acceptors (Lipinski definition) is 4. The van der Waals surface area contributed by atoms with Crippen LogP contribution in [-0.2, 0) is 22.7 Å². The van der Waals surface area contributed by atoms with Gasteiger partial charge < -0.3 is 24.7 Å². The number of amides is 1. The molecule has 30 heavy (non-hydrogen) atoms. The van der Waals surface area contributed by atoms with Crippen LogP contribution in [0.25, 0.3) is 0 Å². The van der Waals surface area contributed by atoms with E-state index in [1.807, 2.05) is 61.2 Å². The van der Waals surface area contributed by atoms with Crippen molar-refractivity contribution in [3.63, 3.8) is 0 Å². The van der Waals surface area contributed by atoms with Crippen LogP contribution in [0.5, 0.6) is 0 Å². The second kappa shape index (κ2) is 15.7. The third kappa shape index (κ3) is 10.1. The third-order valence-electron chi connectivity index (χ3n) is 4.25. The summed E-state index contributed by atoms with van der Waals surface area (Å²) in [7, 11) is 0. The first-order valence-corrected chi connectivity index (χ1v) is 10.2. The summed E-state index contributed by atoms with van der Waals surface area (Å²) in [4.78, 5) is 18.8. The first-order valence-electron chi connectivity index (χ1n) is 10.2. The van der Waals surface area contributed by atoms with Crippen LogP contribution in [0.3, 0.4) is 0 Å². The number of halogens is 1. The minimum Gasteiger partial charge on any atom is -0.467 e. The molecule has 2 N–H and O–H groups in total. The molecule has 7 nitrogen and oxygen atoms in total. The van der Waals surface area contributed by atoms with Crippen molar-refractivity contribution < 1.29 is 13.9 Å². The van der Waals surface area contributed by atoms with Crippen molar-refractivity contribution in [3.05, 3.63) is 60.1 Å². The monoisotopic (exact) mass is 528 g/mol. The molecule has 1 aromatic carbocycles. The molecule has 1 heterocycles. The third-order valence-corrected chi connectivity index (χ3v) is 4.25. The second-order valence-corrected chi connectivity index (χ2v) is 6.50. The smallest absolute Gasteiger partial charge is 0.244 e. The van der Waals surface area contributed by atoms with Gasteiger partial charge in [0.05, 0.1) is 6.26 Å². The second-order valence-electron chi connectivity index (χ2n) is 6.50. The van der Waals surface area contributed by atoms with Gasteiger partial charge in [-0.2, -0.15) is 0 Å². The van der Waals surface area contributed by atoms with Crippen LogP contribution in [0.2, 0.25) is 0 Å². The van der Waals surface area contributed by atoms with Crippen LogP contribution >= 0.6 is 24.0 Å². The number of nitrogens with one attached hydrogen (secondary N) is 2.